The maximum atomic E-state index is 13.4. The Morgan fingerprint density at radius 1 is 1.06 bits per heavy atom. The molecule has 0 spiro atoms. The van der Waals surface area contributed by atoms with Gasteiger partial charge in [-0.05, 0) is 69.1 Å². The standard InChI is InChI=1S/C36H45ClN8O2/c1-42-16-5-10-27(42)23-47-36-40-31-22-43(32-12-4-9-25-8-3-11-29(37)34(25)32)17-14-28(31)35(41-36)44-18-19-45(26(21-44)13-15-38)33(46)20-30(39)24-6-2-7-24/h3-4,8-9,11-12,24,26-27,30H,2,5-7,10,13-14,16-23,39H2,1H3/t26-,27-,30-/m0/s1. The zero-order valence-corrected chi connectivity index (χ0v) is 28.0. The molecule has 2 aromatic carbocycles. The SMILES string of the molecule is CN1CCC[C@H]1COc1nc2c(c(N3CCN(C(=O)C[C@H](N)C4CCC4)[C@@H](CC#N)C3)n1)CCN(c1cccc3cccc(Cl)c13)C2. The van der Waals surface area contributed by atoms with Gasteiger partial charge < -0.3 is 30.1 Å². The molecule has 1 aliphatic carbocycles. The van der Waals surface area contributed by atoms with E-state index in [0.717, 1.165) is 83.8 Å². The molecule has 7 rings (SSSR count). The van der Waals surface area contributed by atoms with Crippen LogP contribution in [0.5, 0.6) is 6.01 Å². The number of anilines is 2. The minimum atomic E-state index is -0.227. The number of benzene rings is 2. The number of hydrogen-bond donors (Lipinski definition) is 1. The van der Waals surface area contributed by atoms with Crippen LogP contribution in [-0.4, -0.2) is 90.2 Å². The van der Waals surface area contributed by atoms with E-state index in [1.165, 1.54) is 6.42 Å². The number of hydrogen-bond acceptors (Lipinski definition) is 9. The van der Waals surface area contributed by atoms with Crippen LogP contribution in [0, 0.1) is 17.2 Å². The third-order valence-electron chi connectivity index (χ3n) is 10.9. The van der Waals surface area contributed by atoms with Gasteiger partial charge in [0, 0.05) is 61.3 Å². The van der Waals surface area contributed by atoms with Crippen molar-refractivity contribution in [1.29, 1.82) is 5.26 Å². The Balaban J connectivity index is 1.16. The van der Waals surface area contributed by atoms with Gasteiger partial charge in [-0.3, -0.25) is 4.79 Å². The van der Waals surface area contributed by atoms with Gasteiger partial charge in [0.15, 0.2) is 0 Å². The van der Waals surface area contributed by atoms with E-state index in [0.29, 0.717) is 57.2 Å². The first-order valence-corrected chi connectivity index (χ1v) is 17.6. The van der Waals surface area contributed by atoms with Crippen LogP contribution in [-0.2, 0) is 17.8 Å². The van der Waals surface area contributed by atoms with Gasteiger partial charge in [-0.25, -0.2) is 0 Å². The number of nitriles is 1. The summed E-state index contributed by atoms with van der Waals surface area (Å²) in [5.74, 6) is 1.36. The highest BCUT2D eigenvalue weighted by molar-refractivity contribution is 6.36. The molecular weight excluding hydrogens is 612 g/mol. The number of amides is 1. The predicted molar refractivity (Wildman–Crippen MR) is 185 cm³/mol. The zero-order valence-electron chi connectivity index (χ0n) is 27.3. The molecule has 1 amide bonds. The Hall–Kier alpha value is -3.65. The van der Waals surface area contributed by atoms with E-state index in [9.17, 15) is 10.1 Å². The number of piperazine rings is 1. The lowest BCUT2D eigenvalue weighted by Crippen LogP contribution is -2.56. The highest BCUT2D eigenvalue weighted by atomic mass is 35.5. The summed E-state index contributed by atoms with van der Waals surface area (Å²) in [5.41, 5.74) is 9.57. The maximum Gasteiger partial charge on any atom is 0.318 e. The fraction of sp³-hybridized carbons (Fsp3) is 0.556. The van der Waals surface area contributed by atoms with Crippen LogP contribution in [0.3, 0.4) is 0 Å². The number of nitrogens with zero attached hydrogens (tertiary/aromatic N) is 7. The number of fused-ring (bicyclic) bond motifs is 2. The van der Waals surface area contributed by atoms with Gasteiger partial charge in [0.2, 0.25) is 5.91 Å². The van der Waals surface area contributed by atoms with Crippen LogP contribution in [0.4, 0.5) is 11.5 Å². The van der Waals surface area contributed by atoms with E-state index in [1.54, 1.807) is 0 Å². The molecule has 4 aliphatic rings. The number of ether oxygens (including phenoxy) is 1. The number of halogens is 1. The van der Waals surface area contributed by atoms with E-state index in [-0.39, 0.29) is 24.4 Å². The zero-order chi connectivity index (χ0) is 32.5. The maximum absolute atomic E-state index is 13.4. The second-order valence-corrected chi connectivity index (χ2v) is 14.1. The number of aromatic nitrogens is 2. The molecule has 4 heterocycles. The average Bonchev–Trinajstić information content (AvgIpc) is 3.46. The summed E-state index contributed by atoms with van der Waals surface area (Å²) in [7, 11) is 2.14. The summed E-state index contributed by atoms with van der Waals surface area (Å²) < 4.78 is 6.34. The highest BCUT2D eigenvalue weighted by Crippen LogP contribution is 2.37. The van der Waals surface area contributed by atoms with Gasteiger partial charge in [-0.15, -0.1) is 0 Å². The Morgan fingerprint density at radius 2 is 1.89 bits per heavy atom. The first kappa shape index (κ1) is 31.9. The molecule has 3 atom stereocenters. The smallest absolute Gasteiger partial charge is 0.318 e. The molecule has 3 aromatic rings. The number of carbonyl (C=O) groups is 1. The van der Waals surface area contributed by atoms with Crippen molar-refractivity contribution in [3.63, 3.8) is 0 Å². The van der Waals surface area contributed by atoms with E-state index < -0.39 is 0 Å². The monoisotopic (exact) mass is 656 g/mol. The highest BCUT2D eigenvalue weighted by Gasteiger charge is 2.36. The minimum Gasteiger partial charge on any atom is -0.462 e. The summed E-state index contributed by atoms with van der Waals surface area (Å²) in [6.07, 6.45) is 7.04. The molecule has 0 unspecified atom stereocenters. The molecule has 3 fully saturated rings. The van der Waals surface area contributed by atoms with Crippen LogP contribution < -0.4 is 20.3 Å². The Labute approximate surface area is 282 Å². The lowest BCUT2D eigenvalue weighted by molar-refractivity contribution is -0.134. The van der Waals surface area contributed by atoms with Crippen LogP contribution in [0.25, 0.3) is 10.8 Å². The molecule has 0 radical (unpaired) electrons. The van der Waals surface area contributed by atoms with Crippen LogP contribution >= 0.6 is 11.6 Å². The average molecular weight is 657 g/mol. The number of rotatable bonds is 9. The van der Waals surface area contributed by atoms with Crippen molar-refractivity contribution in [2.24, 2.45) is 11.7 Å². The molecule has 10 nitrogen and oxygen atoms in total. The van der Waals surface area contributed by atoms with Crippen molar-refractivity contribution < 1.29 is 9.53 Å². The molecule has 47 heavy (non-hydrogen) atoms. The van der Waals surface area contributed by atoms with Crippen molar-refractivity contribution in [2.75, 3.05) is 56.2 Å². The summed E-state index contributed by atoms with van der Waals surface area (Å²) in [6, 6.07) is 15.1. The summed E-state index contributed by atoms with van der Waals surface area (Å²) >= 11 is 6.73. The van der Waals surface area contributed by atoms with Crippen LogP contribution in [0.1, 0.15) is 56.2 Å². The fourth-order valence-electron chi connectivity index (χ4n) is 7.83. The Bertz CT molecular complexity index is 1650. The molecule has 1 aromatic heterocycles. The fourth-order valence-corrected chi connectivity index (χ4v) is 8.11. The quantitative estimate of drug-likeness (QED) is 0.348. The van der Waals surface area contributed by atoms with E-state index in [2.05, 4.69) is 52.1 Å². The third kappa shape index (κ3) is 6.58. The first-order valence-electron chi connectivity index (χ1n) is 17.2. The molecule has 2 saturated heterocycles. The predicted octanol–water partition coefficient (Wildman–Crippen LogP) is 4.77. The molecule has 248 valence electrons. The summed E-state index contributed by atoms with van der Waals surface area (Å²) in [6.45, 7) is 4.71. The largest absolute Gasteiger partial charge is 0.462 e. The van der Waals surface area contributed by atoms with Crippen molar-refractivity contribution in [1.82, 2.24) is 19.8 Å². The van der Waals surface area contributed by atoms with E-state index >= 15 is 0 Å². The second kappa shape index (κ2) is 13.8. The molecular formula is C36H45ClN8O2. The lowest BCUT2D eigenvalue weighted by Gasteiger charge is -2.43. The molecule has 2 N–H and O–H groups in total. The van der Waals surface area contributed by atoms with Gasteiger partial charge in [0.05, 0.1) is 35.8 Å². The van der Waals surface area contributed by atoms with Crippen LogP contribution in [0.15, 0.2) is 36.4 Å². The normalized spacial score (nSPS) is 22.6. The molecule has 11 heteroatoms. The number of nitrogens with two attached hydrogens (primary N) is 1. The van der Waals surface area contributed by atoms with Gasteiger partial charge in [0.1, 0.15) is 12.4 Å². The van der Waals surface area contributed by atoms with Crippen molar-refractivity contribution in [3.8, 4) is 12.1 Å². The van der Waals surface area contributed by atoms with Gasteiger partial charge >= 0.3 is 6.01 Å². The van der Waals surface area contributed by atoms with Crippen molar-refractivity contribution in [3.05, 3.63) is 52.7 Å². The van der Waals surface area contributed by atoms with Gasteiger partial charge in [0.25, 0.3) is 0 Å². The topological polar surface area (TPSA) is 115 Å². The minimum absolute atomic E-state index is 0.0584. The van der Waals surface area contributed by atoms with Crippen molar-refractivity contribution >= 4 is 39.8 Å². The molecule has 1 saturated carbocycles. The van der Waals surface area contributed by atoms with Gasteiger partial charge in [-0.1, -0.05) is 42.3 Å². The Kier molecular flexibility index (Phi) is 9.40. The molecule has 3 aliphatic heterocycles. The van der Waals surface area contributed by atoms with Crippen LogP contribution in [0.2, 0.25) is 5.02 Å². The number of carbonyl (C=O) groups excluding carboxylic acids is 1. The van der Waals surface area contributed by atoms with E-state index in [1.807, 2.05) is 17.0 Å². The first-order chi connectivity index (χ1) is 22.9. The second-order valence-electron chi connectivity index (χ2n) is 13.7. The number of likely N-dealkylation sites (tertiary alicyclic amines) is 1. The molecule has 0 bridgehead atoms. The van der Waals surface area contributed by atoms with Crippen molar-refractivity contribution in [2.45, 2.75) is 76.0 Å². The Morgan fingerprint density at radius 3 is 2.64 bits per heavy atom. The third-order valence-corrected chi connectivity index (χ3v) is 11.2. The number of likely N-dealkylation sites (N-methyl/N-ethyl adjacent to an activating group) is 1. The van der Waals surface area contributed by atoms with Gasteiger partial charge in [-0.2, -0.15) is 15.2 Å². The van der Waals surface area contributed by atoms with E-state index in [4.69, 9.17) is 32.0 Å². The summed E-state index contributed by atoms with van der Waals surface area (Å²) in [4.78, 5) is 32.3. The summed E-state index contributed by atoms with van der Waals surface area (Å²) in [5, 5.41) is 12.7. The lowest BCUT2D eigenvalue weighted by atomic mass is 9.79.